The van der Waals surface area contributed by atoms with Gasteiger partial charge in [0.05, 0.1) is 12.0 Å². The van der Waals surface area contributed by atoms with Gasteiger partial charge in [-0.2, -0.15) is 5.26 Å². The van der Waals surface area contributed by atoms with Crippen molar-refractivity contribution in [1.29, 1.82) is 5.26 Å². The Hall–Kier alpha value is -2.17. The van der Waals surface area contributed by atoms with Crippen LogP contribution in [0.15, 0.2) is 50.5 Å². The summed E-state index contributed by atoms with van der Waals surface area (Å²) in [6, 6.07) is 9.51. The van der Waals surface area contributed by atoms with Crippen molar-refractivity contribution in [3.63, 3.8) is 0 Å². The number of aromatic nitrogens is 3. The molecule has 98 valence electrons. The lowest BCUT2D eigenvalue weighted by molar-refractivity contribution is 0.420. The molecule has 20 heavy (non-hydrogen) atoms. The maximum atomic E-state index is 8.71. The predicted octanol–water partition coefficient (Wildman–Crippen LogP) is 3.14. The van der Waals surface area contributed by atoms with Crippen LogP contribution in [0.25, 0.3) is 0 Å². The lowest BCUT2D eigenvalue weighted by Crippen LogP contribution is -1.83. The van der Waals surface area contributed by atoms with E-state index in [0.717, 1.165) is 5.03 Å². The van der Waals surface area contributed by atoms with Gasteiger partial charge in [0.1, 0.15) is 11.1 Å². The van der Waals surface area contributed by atoms with Crippen molar-refractivity contribution < 1.29 is 4.42 Å². The number of hydrogen-bond donors (Lipinski definition) is 0. The molecule has 0 fully saturated rings. The molecular weight excluding hydrogens is 292 g/mol. The Bertz CT molecular complexity index is 729. The minimum Gasteiger partial charge on any atom is -0.415 e. The molecule has 0 radical (unpaired) electrons. The van der Waals surface area contributed by atoms with Crippen LogP contribution in [0.1, 0.15) is 16.3 Å². The van der Waals surface area contributed by atoms with Crippen LogP contribution in [0.5, 0.6) is 0 Å². The molecule has 0 aliphatic carbocycles. The van der Waals surface area contributed by atoms with Crippen LogP contribution < -0.4 is 0 Å². The molecule has 3 rings (SSSR count). The van der Waals surface area contributed by atoms with Gasteiger partial charge in [-0.05, 0) is 35.3 Å². The zero-order valence-corrected chi connectivity index (χ0v) is 11.8. The number of rotatable bonds is 4. The Balaban J connectivity index is 1.69. The van der Waals surface area contributed by atoms with Crippen LogP contribution in [-0.4, -0.2) is 15.2 Å². The van der Waals surface area contributed by atoms with Crippen LogP contribution in [0.3, 0.4) is 0 Å². The highest BCUT2D eigenvalue weighted by Gasteiger charge is 2.09. The second-order valence-electron chi connectivity index (χ2n) is 3.82. The molecule has 7 heteroatoms. The first-order valence-electron chi connectivity index (χ1n) is 5.72. The van der Waals surface area contributed by atoms with Crippen molar-refractivity contribution in [3.8, 4) is 6.07 Å². The summed E-state index contributed by atoms with van der Waals surface area (Å²) < 4.78 is 5.56. The summed E-state index contributed by atoms with van der Waals surface area (Å²) in [6.45, 7) is 0. The van der Waals surface area contributed by atoms with Gasteiger partial charge in [0.2, 0.25) is 5.89 Å². The molecule has 0 amide bonds. The molecule has 0 spiro atoms. The third-order valence-electron chi connectivity index (χ3n) is 2.41. The summed E-state index contributed by atoms with van der Waals surface area (Å²) in [5.74, 6) is 0.587. The molecule has 0 N–H and O–H groups in total. The van der Waals surface area contributed by atoms with E-state index in [-0.39, 0.29) is 0 Å². The molecule has 0 aromatic carbocycles. The van der Waals surface area contributed by atoms with Crippen molar-refractivity contribution in [2.45, 2.75) is 16.7 Å². The Morgan fingerprint density at radius 3 is 2.95 bits per heavy atom. The zero-order valence-electron chi connectivity index (χ0n) is 10.2. The van der Waals surface area contributed by atoms with Crippen LogP contribution >= 0.6 is 23.1 Å². The first-order chi connectivity index (χ1) is 9.83. The zero-order chi connectivity index (χ0) is 13.8. The van der Waals surface area contributed by atoms with Crippen molar-refractivity contribution in [1.82, 2.24) is 15.2 Å². The van der Waals surface area contributed by atoms with Gasteiger partial charge in [-0.15, -0.1) is 21.5 Å². The van der Waals surface area contributed by atoms with Crippen LogP contribution in [0.4, 0.5) is 0 Å². The molecule has 0 unspecified atom stereocenters. The maximum absolute atomic E-state index is 8.71. The largest absolute Gasteiger partial charge is 0.415 e. The van der Waals surface area contributed by atoms with E-state index in [2.05, 4.69) is 15.2 Å². The fraction of sp³-hybridized carbons (Fsp3) is 0.0769. The summed E-state index contributed by atoms with van der Waals surface area (Å²) in [5.41, 5.74) is 0.526. The SMILES string of the molecule is N#Cc1ccc(Sc2nnc(Cc3cccs3)o2)nc1. The van der Waals surface area contributed by atoms with Gasteiger partial charge in [0, 0.05) is 11.1 Å². The van der Waals surface area contributed by atoms with E-state index >= 15 is 0 Å². The third kappa shape index (κ3) is 3.04. The Morgan fingerprint density at radius 1 is 1.30 bits per heavy atom. The summed E-state index contributed by atoms with van der Waals surface area (Å²) in [7, 11) is 0. The van der Waals surface area contributed by atoms with Crippen LogP contribution in [-0.2, 0) is 6.42 Å². The van der Waals surface area contributed by atoms with Gasteiger partial charge < -0.3 is 4.42 Å². The monoisotopic (exact) mass is 300 g/mol. The molecule has 3 aromatic heterocycles. The van der Waals surface area contributed by atoms with E-state index in [0.29, 0.717) is 23.1 Å². The van der Waals surface area contributed by atoms with E-state index in [1.165, 1.54) is 22.8 Å². The fourth-order valence-corrected chi connectivity index (χ4v) is 2.85. The maximum Gasteiger partial charge on any atom is 0.282 e. The highest BCUT2D eigenvalue weighted by atomic mass is 32.2. The molecule has 0 atom stereocenters. The van der Waals surface area contributed by atoms with Crippen molar-refractivity contribution in [2.24, 2.45) is 0 Å². The van der Waals surface area contributed by atoms with E-state index in [4.69, 9.17) is 9.68 Å². The van der Waals surface area contributed by atoms with Crippen molar-refractivity contribution in [2.75, 3.05) is 0 Å². The highest BCUT2D eigenvalue weighted by Crippen LogP contribution is 2.25. The quantitative estimate of drug-likeness (QED) is 0.736. The second-order valence-corrected chi connectivity index (χ2v) is 5.82. The molecule has 0 aliphatic rings. The predicted molar refractivity (Wildman–Crippen MR) is 74.5 cm³/mol. The molecule has 0 bridgehead atoms. The summed E-state index contributed by atoms with van der Waals surface area (Å²) in [6.07, 6.45) is 2.16. The van der Waals surface area contributed by atoms with Gasteiger partial charge >= 0.3 is 0 Å². The molecule has 5 nitrogen and oxygen atoms in total. The van der Waals surface area contributed by atoms with Crippen molar-refractivity contribution in [3.05, 3.63) is 52.2 Å². The molecule has 0 aliphatic heterocycles. The second kappa shape index (κ2) is 5.86. The molecule has 0 saturated carbocycles. The molecular formula is C13H8N4OS2. The smallest absolute Gasteiger partial charge is 0.282 e. The van der Waals surface area contributed by atoms with Crippen LogP contribution in [0.2, 0.25) is 0 Å². The number of nitriles is 1. The molecule has 0 saturated heterocycles. The lowest BCUT2D eigenvalue weighted by Gasteiger charge is -1.94. The third-order valence-corrected chi connectivity index (χ3v) is 4.08. The summed E-state index contributed by atoms with van der Waals surface area (Å²) in [5, 5.41) is 19.9. The summed E-state index contributed by atoms with van der Waals surface area (Å²) in [4.78, 5) is 5.33. The Labute approximate surface area is 123 Å². The number of pyridine rings is 1. The number of hydrogen-bond acceptors (Lipinski definition) is 7. The van der Waals surface area contributed by atoms with Gasteiger partial charge in [-0.25, -0.2) is 4.98 Å². The normalized spacial score (nSPS) is 10.3. The van der Waals surface area contributed by atoms with E-state index < -0.39 is 0 Å². The lowest BCUT2D eigenvalue weighted by atomic mass is 10.3. The van der Waals surface area contributed by atoms with Crippen LogP contribution in [0, 0.1) is 11.3 Å². The average molecular weight is 300 g/mol. The highest BCUT2D eigenvalue weighted by molar-refractivity contribution is 7.99. The first-order valence-corrected chi connectivity index (χ1v) is 7.42. The van der Waals surface area contributed by atoms with E-state index in [1.807, 2.05) is 23.6 Å². The minimum absolute atomic E-state index is 0.453. The first kappa shape index (κ1) is 12.8. The summed E-state index contributed by atoms with van der Waals surface area (Å²) >= 11 is 2.94. The number of nitrogens with zero attached hydrogens (tertiary/aromatic N) is 4. The standard InChI is InChI=1S/C13H8N4OS2/c14-7-9-3-4-12(15-8-9)20-13-17-16-11(18-13)6-10-2-1-5-19-10/h1-5,8H,6H2. The average Bonchev–Trinajstić information content (AvgIpc) is 3.12. The topological polar surface area (TPSA) is 75.6 Å². The van der Waals surface area contributed by atoms with Gasteiger partial charge in [-0.1, -0.05) is 6.07 Å². The molecule has 3 heterocycles. The van der Waals surface area contributed by atoms with Gasteiger partial charge in [-0.3, -0.25) is 0 Å². The Kier molecular flexibility index (Phi) is 3.76. The minimum atomic E-state index is 0.453. The number of thiophene rings is 1. The van der Waals surface area contributed by atoms with E-state index in [1.54, 1.807) is 23.5 Å². The fourth-order valence-electron chi connectivity index (χ4n) is 1.51. The Morgan fingerprint density at radius 2 is 2.25 bits per heavy atom. The molecule has 3 aromatic rings. The van der Waals surface area contributed by atoms with Crippen molar-refractivity contribution >= 4 is 23.1 Å². The van der Waals surface area contributed by atoms with E-state index in [9.17, 15) is 0 Å². The van der Waals surface area contributed by atoms with Gasteiger partial charge in [0.15, 0.2) is 0 Å². The van der Waals surface area contributed by atoms with Gasteiger partial charge in [0.25, 0.3) is 5.22 Å².